The summed E-state index contributed by atoms with van der Waals surface area (Å²) in [5, 5.41) is 9.89. The van der Waals surface area contributed by atoms with Gasteiger partial charge in [-0.05, 0) is 36.8 Å². The Morgan fingerprint density at radius 2 is 2.15 bits per heavy atom. The van der Waals surface area contributed by atoms with Gasteiger partial charge in [0.15, 0.2) is 0 Å². The molecule has 0 spiro atoms. The van der Waals surface area contributed by atoms with Crippen LogP contribution in [0.1, 0.15) is 15.9 Å². The van der Waals surface area contributed by atoms with Crippen molar-refractivity contribution in [2.75, 3.05) is 0 Å². The smallest absolute Gasteiger partial charge is 0.339 e. The average molecular weight is 269 g/mol. The molecular weight excluding hydrogens is 258 g/mol. The first-order valence-corrected chi connectivity index (χ1v) is 5.99. The first-order valence-electron chi connectivity index (χ1n) is 5.99. The molecule has 0 aliphatic rings. The summed E-state index contributed by atoms with van der Waals surface area (Å²) in [7, 11) is 0. The quantitative estimate of drug-likeness (QED) is 0.786. The van der Waals surface area contributed by atoms with Crippen molar-refractivity contribution in [3.05, 3.63) is 53.9 Å². The van der Waals surface area contributed by atoms with Crippen molar-refractivity contribution in [1.29, 1.82) is 0 Å². The van der Waals surface area contributed by atoms with Crippen molar-refractivity contribution in [3.8, 4) is 11.6 Å². The van der Waals surface area contributed by atoms with Crippen LogP contribution in [0.5, 0.6) is 11.6 Å². The molecule has 0 saturated heterocycles. The molecule has 2 aromatic heterocycles. The lowest BCUT2D eigenvalue weighted by molar-refractivity contribution is 0.0694. The number of carboxylic acid groups (broad SMARTS) is 1. The minimum absolute atomic E-state index is 0.0953. The number of aromatic nitrogens is 1. The minimum atomic E-state index is -1.04. The second-order valence-corrected chi connectivity index (χ2v) is 4.36. The van der Waals surface area contributed by atoms with Gasteiger partial charge in [-0.15, -0.1) is 0 Å². The van der Waals surface area contributed by atoms with E-state index in [9.17, 15) is 9.90 Å². The largest absolute Gasteiger partial charge is 0.478 e. The van der Waals surface area contributed by atoms with Gasteiger partial charge in [0.05, 0.1) is 11.6 Å². The monoisotopic (exact) mass is 269 g/mol. The van der Waals surface area contributed by atoms with Gasteiger partial charge in [-0.3, -0.25) is 0 Å². The molecule has 0 aliphatic carbocycles. The van der Waals surface area contributed by atoms with Crippen LogP contribution in [0, 0.1) is 6.92 Å². The number of aryl methyl sites for hydroxylation is 1. The number of carbonyl (C=O) groups is 1. The van der Waals surface area contributed by atoms with Crippen molar-refractivity contribution in [2.24, 2.45) is 0 Å². The summed E-state index contributed by atoms with van der Waals surface area (Å²) in [5.41, 5.74) is 1.64. The maximum atomic E-state index is 11.2. The summed E-state index contributed by atoms with van der Waals surface area (Å²) in [5.74, 6) is -0.456. The van der Waals surface area contributed by atoms with Crippen LogP contribution in [0.3, 0.4) is 0 Å². The fourth-order valence-electron chi connectivity index (χ4n) is 1.95. The summed E-state index contributed by atoms with van der Waals surface area (Å²) in [6, 6.07) is 8.36. The van der Waals surface area contributed by atoms with Crippen LogP contribution >= 0.6 is 0 Å². The molecule has 1 N–H and O–H groups in total. The van der Waals surface area contributed by atoms with Gasteiger partial charge in [-0.1, -0.05) is 6.07 Å². The zero-order valence-corrected chi connectivity index (χ0v) is 10.7. The number of carboxylic acids is 1. The highest BCUT2D eigenvalue weighted by atomic mass is 16.5. The molecule has 0 amide bonds. The molecule has 3 rings (SSSR count). The summed E-state index contributed by atoms with van der Waals surface area (Å²) in [6.07, 6.45) is 3.09. The standard InChI is InChI=1S/C15H11NO4/c1-9-2-3-11(15(17)18)13(8-9)20-14-10-5-7-19-12(10)4-6-16-14/h2-8H,1H3,(H,17,18). The number of aromatic carboxylic acids is 1. The van der Waals surface area contributed by atoms with E-state index in [0.29, 0.717) is 16.8 Å². The summed E-state index contributed by atoms with van der Waals surface area (Å²) >= 11 is 0. The van der Waals surface area contributed by atoms with Gasteiger partial charge in [0, 0.05) is 6.20 Å². The number of pyridine rings is 1. The van der Waals surface area contributed by atoms with Gasteiger partial charge >= 0.3 is 5.97 Å². The number of hydrogen-bond acceptors (Lipinski definition) is 4. The number of benzene rings is 1. The predicted molar refractivity (Wildman–Crippen MR) is 72.2 cm³/mol. The molecule has 0 atom stereocenters. The molecular formula is C15H11NO4. The molecule has 0 fully saturated rings. The SMILES string of the molecule is Cc1ccc(C(=O)O)c(Oc2nccc3occc23)c1. The molecule has 5 nitrogen and oxygen atoms in total. The fourth-order valence-corrected chi connectivity index (χ4v) is 1.95. The van der Waals surface area contributed by atoms with Gasteiger partial charge in [0.1, 0.15) is 16.9 Å². The molecule has 100 valence electrons. The molecule has 0 radical (unpaired) electrons. The van der Waals surface area contributed by atoms with E-state index in [2.05, 4.69) is 4.98 Å². The van der Waals surface area contributed by atoms with E-state index in [1.807, 2.05) is 6.92 Å². The maximum absolute atomic E-state index is 11.2. The maximum Gasteiger partial charge on any atom is 0.339 e. The van der Waals surface area contributed by atoms with Crippen LogP contribution in [-0.4, -0.2) is 16.1 Å². The lowest BCUT2D eigenvalue weighted by atomic mass is 10.1. The van der Waals surface area contributed by atoms with E-state index in [-0.39, 0.29) is 11.3 Å². The topological polar surface area (TPSA) is 72.6 Å². The molecule has 0 bridgehead atoms. The van der Waals surface area contributed by atoms with Crippen molar-refractivity contribution in [3.63, 3.8) is 0 Å². The number of hydrogen-bond donors (Lipinski definition) is 1. The summed E-state index contributed by atoms with van der Waals surface area (Å²) in [4.78, 5) is 15.3. The van der Waals surface area contributed by atoms with Crippen molar-refractivity contribution >= 4 is 16.9 Å². The Bertz CT molecular complexity index is 791. The molecule has 0 unspecified atom stereocenters. The first-order chi connectivity index (χ1) is 9.65. The van der Waals surface area contributed by atoms with Crippen molar-refractivity contribution < 1.29 is 19.1 Å². The van der Waals surface area contributed by atoms with Gasteiger partial charge < -0.3 is 14.3 Å². The zero-order chi connectivity index (χ0) is 14.1. The Morgan fingerprint density at radius 3 is 2.95 bits per heavy atom. The molecule has 20 heavy (non-hydrogen) atoms. The zero-order valence-electron chi connectivity index (χ0n) is 10.7. The van der Waals surface area contributed by atoms with Crippen LogP contribution < -0.4 is 4.74 Å². The Morgan fingerprint density at radius 1 is 1.30 bits per heavy atom. The van der Waals surface area contributed by atoms with Crippen LogP contribution in [-0.2, 0) is 0 Å². The third-order valence-electron chi connectivity index (χ3n) is 2.92. The second-order valence-electron chi connectivity index (χ2n) is 4.36. The second kappa shape index (κ2) is 4.70. The van der Waals surface area contributed by atoms with Crippen LogP contribution in [0.25, 0.3) is 11.0 Å². The molecule has 3 aromatic rings. The van der Waals surface area contributed by atoms with E-state index in [1.165, 1.54) is 12.3 Å². The molecule has 0 aliphatic heterocycles. The summed E-state index contributed by atoms with van der Waals surface area (Å²) < 4.78 is 10.9. The lowest BCUT2D eigenvalue weighted by Gasteiger charge is -2.09. The van der Waals surface area contributed by atoms with E-state index >= 15 is 0 Å². The van der Waals surface area contributed by atoms with Gasteiger partial charge in [-0.2, -0.15) is 0 Å². The summed E-state index contributed by atoms with van der Waals surface area (Å²) in [6.45, 7) is 1.87. The van der Waals surface area contributed by atoms with E-state index in [4.69, 9.17) is 9.15 Å². The third kappa shape index (κ3) is 2.09. The van der Waals surface area contributed by atoms with E-state index < -0.39 is 5.97 Å². The normalized spacial score (nSPS) is 10.7. The molecule has 0 saturated carbocycles. The number of fused-ring (bicyclic) bond motifs is 1. The number of rotatable bonds is 3. The Balaban J connectivity index is 2.09. The Labute approximate surface area is 114 Å². The number of furan rings is 1. The van der Waals surface area contributed by atoms with Gasteiger partial charge in [0.2, 0.25) is 5.88 Å². The Kier molecular flexibility index (Phi) is 2.87. The highest BCUT2D eigenvalue weighted by molar-refractivity contribution is 5.91. The van der Waals surface area contributed by atoms with Gasteiger partial charge in [-0.25, -0.2) is 9.78 Å². The molecule has 2 heterocycles. The van der Waals surface area contributed by atoms with Crippen LogP contribution in [0.2, 0.25) is 0 Å². The van der Waals surface area contributed by atoms with Crippen LogP contribution in [0.4, 0.5) is 0 Å². The van der Waals surface area contributed by atoms with Crippen molar-refractivity contribution in [2.45, 2.75) is 6.92 Å². The lowest BCUT2D eigenvalue weighted by Crippen LogP contribution is -2.01. The first kappa shape index (κ1) is 12.2. The highest BCUT2D eigenvalue weighted by Crippen LogP contribution is 2.30. The van der Waals surface area contributed by atoms with Crippen LogP contribution in [0.15, 0.2) is 47.2 Å². The number of ether oxygens (including phenoxy) is 1. The fraction of sp³-hybridized carbons (Fsp3) is 0.0667. The van der Waals surface area contributed by atoms with E-state index in [0.717, 1.165) is 5.56 Å². The van der Waals surface area contributed by atoms with Crippen molar-refractivity contribution in [1.82, 2.24) is 4.98 Å². The third-order valence-corrected chi connectivity index (χ3v) is 2.92. The van der Waals surface area contributed by atoms with Gasteiger partial charge in [0.25, 0.3) is 0 Å². The number of nitrogens with zero attached hydrogens (tertiary/aromatic N) is 1. The average Bonchev–Trinajstić information content (AvgIpc) is 2.88. The highest BCUT2D eigenvalue weighted by Gasteiger charge is 2.14. The molecule has 5 heteroatoms. The Hall–Kier alpha value is -2.82. The predicted octanol–water partition coefficient (Wildman–Crippen LogP) is 3.63. The molecule has 1 aromatic carbocycles. The van der Waals surface area contributed by atoms with E-state index in [1.54, 1.807) is 30.5 Å². The minimum Gasteiger partial charge on any atom is -0.478 e.